The van der Waals surface area contributed by atoms with Crippen LogP contribution in [0.4, 0.5) is 0 Å². The number of carbonyl (C=O) groups excluding carboxylic acids is 1. The zero-order valence-corrected chi connectivity index (χ0v) is 11.0. The van der Waals surface area contributed by atoms with Crippen molar-refractivity contribution in [2.24, 2.45) is 0 Å². The summed E-state index contributed by atoms with van der Waals surface area (Å²) in [5.41, 5.74) is 0. The second kappa shape index (κ2) is 11.3. The summed E-state index contributed by atoms with van der Waals surface area (Å²) in [6.07, 6.45) is 4.62. The zero-order chi connectivity index (χ0) is 12.9. The molecule has 0 bridgehead atoms. The first-order chi connectivity index (χ1) is 8.20. The van der Waals surface area contributed by atoms with Gasteiger partial charge in [-0.1, -0.05) is 6.08 Å². The van der Waals surface area contributed by atoms with Crippen LogP contribution in [0.5, 0.6) is 0 Å². The van der Waals surface area contributed by atoms with E-state index >= 15 is 0 Å². The summed E-state index contributed by atoms with van der Waals surface area (Å²) in [6, 6.07) is 0. The maximum Gasteiger partial charge on any atom is 0.304 e. The minimum Gasteiger partial charge on any atom is -0.495 e. The molecule has 0 unspecified atom stereocenters. The Bertz CT molecular complexity index is 264. The van der Waals surface area contributed by atoms with Crippen LogP contribution < -0.4 is 5.32 Å². The highest BCUT2D eigenvalue weighted by Gasteiger charge is 1.95. The van der Waals surface area contributed by atoms with Gasteiger partial charge in [-0.2, -0.15) is 0 Å². The monoisotopic (exact) mass is 239 g/mol. The molecule has 0 heterocycles. The van der Waals surface area contributed by atoms with Gasteiger partial charge in [-0.05, 0) is 32.3 Å². The van der Waals surface area contributed by atoms with Crippen molar-refractivity contribution in [1.82, 2.24) is 5.32 Å². The molecule has 96 valence electrons. The van der Waals surface area contributed by atoms with Gasteiger partial charge in [0.1, 0.15) is 5.76 Å². The highest BCUT2D eigenvalue weighted by Crippen LogP contribution is 2.00. The minimum atomic E-state index is -0.00874. The molecule has 0 saturated heterocycles. The molecule has 1 N–H and O–H groups in total. The summed E-state index contributed by atoms with van der Waals surface area (Å²) in [5, 5.41) is 2.72. The van der Waals surface area contributed by atoms with Crippen molar-refractivity contribution in [3.63, 3.8) is 0 Å². The lowest BCUT2D eigenvalue weighted by molar-refractivity contribution is -0.118. The average molecular weight is 239 g/mol. The van der Waals surface area contributed by atoms with E-state index in [1.807, 2.05) is 32.0 Å². The molecule has 0 aromatic rings. The molecule has 17 heavy (non-hydrogen) atoms. The van der Waals surface area contributed by atoms with Crippen molar-refractivity contribution in [3.8, 4) is 0 Å². The second-order valence-corrected chi connectivity index (χ2v) is 3.45. The third-order valence-electron chi connectivity index (χ3n) is 1.90. The Balaban J connectivity index is 3.77. The first-order valence-corrected chi connectivity index (χ1v) is 5.98. The van der Waals surface area contributed by atoms with Crippen LogP contribution in [0.2, 0.25) is 0 Å². The van der Waals surface area contributed by atoms with Gasteiger partial charge in [-0.15, -0.1) is 0 Å². The predicted molar refractivity (Wildman–Crippen MR) is 70.9 cm³/mol. The van der Waals surface area contributed by atoms with E-state index in [9.17, 15) is 4.79 Å². The van der Waals surface area contributed by atoms with Gasteiger partial charge < -0.3 is 14.7 Å². The van der Waals surface area contributed by atoms with E-state index in [1.54, 1.807) is 0 Å². The van der Waals surface area contributed by atoms with Gasteiger partial charge in [0.2, 0.25) is 5.91 Å². The van der Waals surface area contributed by atoms with Gasteiger partial charge in [0.15, 0.2) is 0 Å². The fraction of sp³-hybridized carbons (Fsp3) is 0.583. The highest BCUT2D eigenvalue weighted by atomic mass is 16.5. The maximum absolute atomic E-state index is 10.6. The van der Waals surface area contributed by atoms with Crippen molar-refractivity contribution in [3.05, 3.63) is 23.9 Å². The molecule has 4 nitrogen and oxygen atoms in total. The standard InChI is InChI=1S/C12H22BNO3/c1-4-7-12(10-13-17-5-2)16-9-6-8-14-11(3)15/h4,7,10,13H,5-6,8-9H2,1-3H3,(H,14,15)/b7-4-,12-10-. The normalized spacial score (nSPS) is 11.6. The quantitative estimate of drug-likeness (QED) is 0.286. The number of carbonyl (C=O) groups is 1. The molecule has 0 fully saturated rings. The molecule has 0 aliphatic rings. The van der Waals surface area contributed by atoms with Crippen LogP contribution in [-0.2, 0) is 14.2 Å². The van der Waals surface area contributed by atoms with Gasteiger partial charge in [0.25, 0.3) is 0 Å². The third-order valence-corrected chi connectivity index (χ3v) is 1.90. The molecule has 0 saturated carbocycles. The lowest BCUT2D eigenvalue weighted by atomic mass is 10.0. The van der Waals surface area contributed by atoms with Gasteiger partial charge in [0.05, 0.1) is 6.61 Å². The summed E-state index contributed by atoms with van der Waals surface area (Å²) in [7, 11) is 0.557. The topological polar surface area (TPSA) is 47.6 Å². The van der Waals surface area contributed by atoms with E-state index in [0.29, 0.717) is 27.2 Å². The number of ether oxygens (including phenoxy) is 1. The molecule has 0 aromatic heterocycles. The number of rotatable bonds is 9. The smallest absolute Gasteiger partial charge is 0.304 e. The van der Waals surface area contributed by atoms with Crippen LogP contribution in [0.1, 0.15) is 27.2 Å². The molecule has 0 aliphatic heterocycles. The van der Waals surface area contributed by atoms with Crippen LogP contribution in [-0.4, -0.2) is 33.1 Å². The summed E-state index contributed by atoms with van der Waals surface area (Å²) in [5.74, 6) is 2.70. The van der Waals surface area contributed by atoms with E-state index in [0.717, 1.165) is 12.2 Å². The zero-order valence-electron chi connectivity index (χ0n) is 11.0. The molecule has 0 atom stereocenters. The van der Waals surface area contributed by atoms with Crippen molar-refractivity contribution in [1.29, 1.82) is 0 Å². The Hall–Kier alpha value is -1.23. The van der Waals surface area contributed by atoms with Crippen molar-refractivity contribution >= 4 is 13.4 Å². The Labute approximate surface area is 104 Å². The van der Waals surface area contributed by atoms with Gasteiger partial charge in [0, 0.05) is 20.1 Å². The van der Waals surface area contributed by atoms with Crippen LogP contribution in [0.15, 0.2) is 23.9 Å². The summed E-state index contributed by atoms with van der Waals surface area (Å²) < 4.78 is 10.8. The summed E-state index contributed by atoms with van der Waals surface area (Å²) in [6.45, 7) is 7.33. The molecule has 0 spiro atoms. The largest absolute Gasteiger partial charge is 0.495 e. The minimum absolute atomic E-state index is 0.00874. The van der Waals surface area contributed by atoms with E-state index in [1.165, 1.54) is 6.92 Å². The molecule has 1 amide bonds. The Morgan fingerprint density at radius 3 is 2.82 bits per heavy atom. The Morgan fingerprint density at radius 1 is 1.47 bits per heavy atom. The van der Waals surface area contributed by atoms with Gasteiger partial charge >= 0.3 is 7.48 Å². The molecular formula is C12H22BNO3. The highest BCUT2D eigenvalue weighted by molar-refractivity contribution is 6.34. The maximum atomic E-state index is 10.6. The van der Waals surface area contributed by atoms with E-state index in [2.05, 4.69) is 5.32 Å². The molecule has 0 radical (unpaired) electrons. The van der Waals surface area contributed by atoms with E-state index in [-0.39, 0.29) is 5.91 Å². The second-order valence-electron chi connectivity index (χ2n) is 3.45. The van der Waals surface area contributed by atoms with Crippen LogP contribution >= 0.6 is 0 Å². The number of allylic oxidation sites excluding steroid dienone is 2. The lowest BCUT2D eigenvalue weighted by Gasteiger charge is -2.07. The molecule has 0 aliphatic carbocycles. The number of hydrogen-bond donors (Lipinski definition) is 1. The van der Waals surface area contributed by atoms with Crippen molar-refractivity contribution in [2.75, 3.05) is 19.8 Å². The van der Waals surface area contributed by atoms with Crippen LogP contribution in [0.25, 0.3) is 0 Å². The summed E-state index contributed by atoms with van der Waals surface area (Å²) >= 11 is 0. The molecule has 0 aromatic carbocycles. The van der Waals surface area contributed by atoms with Gasteiger partial charge in [-0.25, -0.2) is 0 Å². The Kier molecular flexibility index (Phi) is 10.5. The fourth-order valence-corrected chi connectivity index (χ4v) is 1.12. The number of amides is 1. The van der Waals surface area contributed by atoms with Crippen molar-refractivity contribution in [2.45, 2.75) is 27.2 Å². The molecule has 5 heteroatoms. The van der Waals surface area contributed by atoms with Gasteiger partial charge in [-0.3, -0.25) is 4.79 Å². The van der Waals surface area contributed by atoms with E-state index in [4.69, 9.17) is 9.39 Å². The number of nitrogens with one attached hydrogen (secondary N) is 1. The molecule has 0 rings (SSSR count). The predicted octanol–water partition coefficient (Wildman–Crippen LogP) is 1.33. The fourth-order valence-electron chi connectivity index (χ4n) is 1.12. The van der Waals surface area contributed by atoms with Crippen molar-refractivity contribution < 1.29 is 14.2 Å². The lowest BCUT2D eigenvalue weighted by Crippen LogP contribution is -2.21. The van der Waals surface area contributed by atoms with Crippen LogP contribution in [0.3, 0.4) is 0 Å². The Morgan fingerprint density at radius 2 is 2.24 bits per heavy atom. The molecular weight excluding hydrogens is 217 g/mol. The summed E-state index contributed by atoms with van der Waals surface area (Å²) in [4.78, 5) is 10.6. The third kappa shape index (κ3) is 11.0. The average Bonchev–Trinajstić information content (AvgIpc) is 2.28. The number of hydrogen-bond acceptors (Lipinski definition) is 3. The first-order valence-electron chi connectivity index (χ1n) is 5.98. The SMILES string of the molecule is C/C=C\C(=C\BOCC)OCCCNC(C)=O. The first kappa shape index (κ1) is 15.8. The van der Waals surface area contributed by atoms with Crippen LogP contribution in [0, 0.1) is 0 Å². The van der Waals surface area contributed by atoms with E-state index < -0.39 is 0 Å².